The molecule has 0 bridgehead atoms. The van der Waals surface area contributed by atoms with Crippen LogP contribution in [0.5, 0.6) is 0 Å². The van der Waals surface area contributed by atoms with E-state index >= 15 is 0 Å². The number of nitrogens with one attached hydrogen (secondary N) is 1. The van der Waals surface area contributed by atoms with Crippen molar-refractivity contribution < 1.29 is 9.50 Å². The van der Waals surface area contributed by atoms with Gasteiger partial charge in [0.1, 0.15) is 6.33 Å². The Morgan fingerprint density at radius 2 is 2.19 bits per heavy atom. The first-order valence-electron chi connectivity index (χ1n) is 5.60. The van der Waals surface area contributed by atoms with Gasteiger partial charge in [-0.2, -0.15) is 0 Å². The summed E-state index contributed by atoms with van der Waals surface area (Å²) in [5.41, 5.74) is 0.391. The van der Waals surface area contributed by atoms with Crippen molar-refractivity contribution in [2.24, 2.45) is 0 Å². The molecule has 1 aromatic rings. The van der Waals surface area contributed by atoms with E-state index < -0.39 is 11.9 Å². The number of hydrogen-bond acceptors (Lipinski definition) is 4. The number of aliphatic hydroxyl groups is 1. The molecule has 0 aliphatic carbocycles. The van der Waals surface area contributed by atoms with E-state index in [0.717, 1.165) is 6.42 Å². The quantitative estimate of drug-likeness (QED) is 0.777. The first kappa shape index (κ1) is 12.8. The molecule has 0 fully saturated rings. The second kappa shape index (κ2) is 6.37. The Balaban J connectivity index is 2.60. The van der Waals surface area contributed by atoms with Gasteiger partial charge in [0.15, 0.2) is 11.6 Å². The molecular weight excluding hydrogens is 209 g/mol. The fourth-order valence-corrected chi connectivity index (χ4v) is 1.43. The number of anilines is 1. The molecule has 0 spiro atoms. The maximum atomic E-state index is 13.6. The molecule has 1 rings (SSSR count). The Kier molecular flexibility index (Phi) is 5.11. The van der Waals surface area contributed by atoms with Gasteiger partial charge in [-0.3, -0.25) is 0 Å². The molecule has 90 valence electrons. The number of hydrogen-bond donors (Lipinski definition) is 2. The van der Waals surface area contributed by atoms with Crippen LogP contribution < -0.4 is 5.32 Å². The Hall–Kier alpha value is -1.23. The number of aliphatic hydroxyl groups excluding tert-OH is 1. The van der Waals surface area contributed by atoms with E-state index in [1.54, 1.807) is 0 Å². The van der Waals surface area contributed by atoms with Crippen molar-refractivity contribution >= 4 is 5.82 Å². The molecule has 2 N–H and O–H groups in total. The predicted octanol–water partition coefficient (Wildman–Crippen LogP) is 1.75. The molecule has 0 saturated carbocycles. The van der Waals surface area contributed by atoms with Crippen molar-refractivity contribution in [2.75, 3.05) is 11.9 Å². The van der Waals surface area contributed by atoms with Crippen molar-refractivity contribution in [3.63, 3.8) is 0 Å². The van der Waals surface area contributed by atoms with Crippen LogP contribution >= 0.6 is 0 Å². The summed E-state index contributed by atoms with van der Waals surface area (Å²) in [6, 6.07) is 0. The van der Waals surface area contributed by atoms with Crippen LogP contribution in [-0.2, 0) is 6.42 Å². The Bertz CT molecular complexity index is 333. The third-order valence-electron chi connectivity index (χ3n) is 2.32. The lowest BCUT2D eigenvalue weighted by molar-refractivity contribution is 0.176. The van der Waals surface area contributed by atoms with Crippen LogP contribution in [0.1, 0.15) is 32.4 Å². The van der Waals surface area contributed by atoms with Crippen LogP contribution in [0, 0.1) is 5.82 Å². The van der Waals surface area contributed by atoms with Crippen LogP contribution in [0.4, 0.5) is 10.2 Å². The fraction of sp³-hybridized carbons (Fsp3) is 0.636. The van der Waals surface area contributed by atoms with E-state index in [9.17, 15) is 9.50 Å². The largest absolute Gasteiger partial charge is 0.391 e. The highest BCUT2D eigenvalue weighted by molar-refractivity contribution is 5.37. The zero-order chi connectivity index (χ0) is 12.0. The van der Waals surface area contributed by atoms with Crippen molar-refractivity contribution in [3.8, 4) is 0 Å². The molecule has 1 aromatic heterocycles. The zero-order valence-electron chi connectivity index (χ0n) is 9.70. The predicted molar refractivity (Wildman–Crippen MR) is 60.8 cm³/mol. The van der Waals surface area contributed by atoms with E-state index in [0.29, 0.717) is 25.1 Å². The van der Waals surface area contributed by atoms with Gasteiger partial charge in [0.2, 0.25) is 0 Å². The molecule has 1 unspecified atom stereocenters. The summed E-state index contributed by atoms with van der Waals surface area (Å²) in [6.45, 7) is 4.13. The maximum Gasteiger partial charge on any atom is 0.186 e. The van der Waals surface area contributed by atoms with Crippen LogP contribution in [-0.4, -0.2) is 27.7 Å². The van der Waals surface area contributed by atoms with Gasteiger partial charge >= 0.3 is 0 Å². The monoisotopic (exact) mass is 227 g/mol. The highest BCUT2D eigenvalue weighted by atomic mass is 19.1. The van der Waals surface area contributed by atoms with Crippen molar-refractivity contribution in [3.05, 3.63) is 17.8 Å². The number of aromatic nitrogens is 2. The summed E-state index contributed by atoms with van der Waals surface area (Å²) >= 11 is 0. The second-order valence-electron chi connectivity index (χ2n) is 3.66. The van der Waals surface area contributed by atoms with Crippen LogP contribution in [0.15, 0.2) is 6.33 Å². The standard InChI is InChI=1S/C11H18FN3O/c1-3-5-8(16)6-13-11-10(12)9(4-2)14-7-15-11/h7-8,16H,3-6H2,1-2H3,(H,13,14,15). The van der Waals surface area contributed by atoms with E-state index in [2.05, 4.69) is 15.3 Å². The SMILES string of the molecule is CCCC(O)CNc1ncnc(CC)c1F. The average molecular weight is 227 g/mol. The molecule has 1 atom stereocenters. The molecule has 0 amide bonds. The molecule has 0 aliphatic heterocycles. The Morgan fingerprint density at radius 3 is 2.81 bits per heavy atom. The summed E-state index contributed by atoms with van der Waals surface area (Å²) in [4.78, 5) is 7.64. The van der Waals surface area contributed by atoms with Gasteiger partial charge < -0.3 is 10.4 Å². The molecule has 5 heteroatoms. The van der Waals surface area contributed by atoms with Crippen LogP contribution in [0.2, 0.25) is 0 Å². The van der Waals surface area contributed by atoms with Crippen LogP contribution in [0.3, 0.4) is 0 Å². The van der Waals surface area contributed by atoms with E-state index in [1.165, 1.54) is 6.33 Å². The Morgan fingerprint density at radius 1 is 1.44 bits per heavy atom. The normalized spacial score (nSPS) is 12.5. The minimum absolute atomic E-state index is 0.169. The van der Waals surface area contributed by atoms with Gasteiger partial charge in [0.25, 0.3) is 0 Å². The fourth-order valence-electron chi connectivity index (χ4n) is 1.43. The third kappa shape index (κ3) is 3.41. The number of aryl methyl sites for hydroxylation is 1. The van der Waals surface area contributed by atoms with Gasteiger partial charge in [0.05, 0.1) is 11.8 Å². The average Bonchev–Trinajstić information content (AvgIpc) is 2.28. The zero-order valence-corrected chi connectivity index (χ0v) is 9.70. The molecule has 0 radical (unpaired) electrons. The summed E-state index contributed by atoms with van der Waals surface area (Å²) in [6.07, 6.45) is 2.98. The second-order valence-corrected chi connectivity index (χ2v) is 3.66. The molecular formula is C11H18FN3O. The van der Waals surface area contributed by atoms with E-state index in [-0.39, 0.29) is 5.82 Å². The lowest BCUT2D eigenvalue weighted by Crippen LogP contribution is -2.20. The Labute approximate surface area is 94.9 Å². The molecule has 16 heavy (non-hydrogen) atoms. The van der Waals surface area contributed by atoms with E-state index in [1.807, 2.05) is 13.8 Å². The smallest absolute Gasteiger partial charge is 0.186 e. The lowest BCUT2D eigenvalue weighted by atomic mass is 10.2. The van der Waals surface area contributed by atoms with Gasteiger partial charge in [0, 0.05) is 6.54 Å². The summed E-state index contributed by atoms with van der Waals surface area (Å²) in [7, 11) is 0. The highest BCUT2D eigenvalue weighted by Gasteiger charge is 2.10. The topological polar surface area (TPSA) is 58.0 Å². The molecule has 0 aliphatic rings. The van der Waals surface area contributed by atoms with Crippen LogP contribution in [0.25, 0.3) is 0 Å². The molecule has 1 heterocycles. The van der Waals surface area contributed by atoms with Gasteiger partial charge in [-0.15, -0.1) is 0 Å². The maximum absolute atomic E-state index is 13.6. The van der Waals surface area contributed by atoms with Crippen molar-refractivity contribution in [1.29, 1.82) is 0 Å². The number of rotatable bonds is 6. The van der Waals surface area contributed by atoms with Crippen molar-refractivity contribution in [2.45, 2.75) is 39.2 Å². The van der Waals surface area contributed by atoms with Gasteiger partial charge in [-0.1, -0.05) is 20.3 Å². The molecule has 0 aromatic carbocycles. The highest BCUT2D eigenvalue weighted by Crippen LogP contribution is 2.13. The number of halogens is 1. The van der Waals surface area contributed by atoms with E-state index in [4.69, 9.17) is 0 Å². The summed E-state index contributed by atoms with van der Waals surface area (Å²) in [5.74, 6) is -0.254. The van der Waals surface area contributed by atoms with Gasteiger partial charge in [-0.05, 0) is 12.8 Å². The molecule has 4 nitrogen and oxygen atoms in total. The minimum Gasteiger partial charge on any atom is -0.391 e. The lowest BCUT2D eigenvalue weighted by Gasteiger charge is -2.12. The number of nitrogens with zero attached hydrogens (tertiary/aromatic N) is 2. The minimum atomic E-state index is -0.468. The van der Waals surface area contributed by atoms with Crippen molar-refractivity contribution in [1.82, 2.24) is 9.97 Å². The first-order chi connectivity index (χ1) is 7.69. The molecule has 0 saturated heterocycles. The third-order valence-corrected chi connectivity index (χ3v) is 2.32. The summed E-state index contributed by atoms with van der Waals surface area (Å²) in [5, 5.41) is 12.3. The van der Waals surface area contributed by atoms with Gasteiger partial charge in [-0.25, -0.2) is 14.4 Å². The summed E-state index contributed by atoms with van der Waals surface area (Å²) < 4.78 is 13.6. The first-order valence-corrected chi connectivity index (χ1v) is 5.60.